The SMILES string of the molecule is COc1cc(C(=O)N(CCC2CCCN2C(=O)OC(C)(C)C)CC(C)=Cc2ccccc2)cc(OC)c1OC. The number of benzene rings is 2. The van der Waals surface area contributed by atoms with E-state index in [-0.39, 0.29) is 18.0 Å². The second kappa shape index (κ2) is 13.4. The van der Waals surface area contributed by atoms with E-state index in [0.717, 1.165) is 24.0 Å². The van der Waals surface area contributed by atoms with Crippen LogP contribution in [0.25, 0.3) is 6.08 Å². The van der Waals surface area contributed by atoms with Crippen molar-refractivity contribution in [2.75, 3.05) is 41.0 Å². The summed E-state index contributed by atoms with van der Waals surface area (Å²) in [5, 5.41) is 0. The summed E-state index contributed by atoms with van der Waals surface area (Å²) in [6.07, 6.45) is 4.22. The Kier molecular flexibility index (Phi) is 10.3. The Morgan fingerprint density at radius 3 is 2.23 bits per heavy atom. The molecule has 1 unspecified atom stereocenters. The Morgan fingerprint density at radius 2 is 1.67 bits per heavy atom. The van der Waals surface area contributed by atoms with Gasteiger partial charge in [-0.2, -0.15) is 0 Å². The average Bonchev–Trinajstić information content (AvgIpc) is 3.38. The summed E-state index contributed by atoms with van der Waals surface area (Å²) in [6, 6.07) is 13.4. The highest BCUT2D eigenvalue weighted by molar-refractivity contribution is 5.96. The first-order valence-electron chi connectivity index (χ1n) is 13.4. The van der Waals surface area contributed by atoms with Crippen molar-refractivity contribution in [3.63, 3.8) is 0 Å². The molecule has 0 aliphatic carbocycles. The van der Waals surface area contributed by atoms with E-state index < -0.39 is 5.60 Å². The predicted molar refractivity (Wildman–Crippen MR) is 153 cm³/mol. The third kappa shape index (κ3) is 8.15. The summed E-state index contributed by atoms with van der Waals surface area (Å²) in [5.41, 5.74) is 1.99. The largest absolute Gasteiger partial charge is 0.493 e. The average molecular weight is 539 g/mol. The van der Waals surface area contributed by atoms with E-state index in [1.807, 2.05) is 62.9 Å². The summed E-state index contributed by atoms with van der Waals surface area (Å²) in [5.74, 6) is 1.12. The van der Waals surface area contributed by atoms with Gasteiger partial charge in [-0.3, -0.25) is 4.79 Å². The molecule has 3 rings (SSSR count). The summed E-state index contributed by atoms with van der Waals surface area (Å²) >= 11 is 0. The van der Waals surface area contributed by atoms with Gasteiger partial charge in [0.1, 0.15) is 5.60 Å². The van der Waals surface area contributed by atoms with E-state index in [1.165, 1.54) is 21.3 Å². The zero-order chi connectivity index (χ0) is 28.6. The molecule has 0 bridgehead atoms. The number of likely N-dealkylation sites (tertiary alicyclic amines) is 1. The molecule has 0 saturated carbocycles. The second-order valence-electron chi connectivity index (χ2n) is 10.8. The Hall–Kier alpha value is -3.68. The summed E-state index contributed by atoms with van der Waals surface area (Å²) in [4.78, 5) is 30.4. The zero-order valence-corrected chi connectivity index (χ0v) is 24.3. The molecule has 212 valence electrons. The molecule has 8 nitrogen and oxygen atoms in total. The summed E-state index contributed by atoms with van der Waals surface area (Å²) in [6.45, 7) is 9.20. The maximum Gasteiger partial charge on any atom is 0.410 e. The normalized spacial score (nSPS) is 15.6. The van der Waals surface area contributed by atoms with Gasteiger partial charge in [0, 0.05) is 31.2 Å². The van der Waals surface area contributed by atoms with Crippen molar-refractivity contribution in [1.82, 2.24) is 9.80 Å². The standard InChI is InChI=1S/C31H42N2O6/c1-22(18-23-12-9-8-10-13-23)21-32(17-15-25-14-11-16-33(25)30(35)39-31(2,3)4)29(34)24-19-26(36-5)28(38-7)27(20-24)37-6/h8-10,12-13,18-20,25H,11,14-17,21H2,1-7H3. The molecule has 1 heterocycles. The van der Waals surface area contributed by atoms with E-state index in [0.29, 0.717) is 48.9 Å². The van der Waals surface area contributed by atoms with E-state index in [1.54, 1.807) is 17.0 Å². The number of carbonyl (C=O) groups is 2. The van der Waals surface area contributed by atoms with E-state index in [9.17, 15) is 9.59 Å². The van der Waals surface area contributed by atoms with Gasteiger partial charge < -0.3 is 28.7 Å². The van der Waals surface area contributed by atoms with Crippen molar-refractivity contribution in [2.24, 2.45) is 0 Å². The lowest BCUT2D eigenvalue weighted by molar-refractivity contribution is 0.0214. The maximum atomic E-state index is 13.9. The summed E-state index contributed by atoms with van der Waals surface area (Å²) in [7, 11) is 4.59. The number of rotatable bonds is 10. The minimum absolute atomic E-state index is 0.00787. The highest BCUT2D eigenvalue weighted by atomic mass is 16.6. The molecule has 1 aliphatic rings. The van der Waals surface area contributed by atoms with Crippen LogP contribution in [-0.2, 0) is 4.74 Å². The van der Waals surface area contributed by atoms with Gasteiger partial charge in [-0.25, -0.2) is 4.79 Å². The van der Waals surface area contributed by atoms with Gasteiger partial charge in [0.15, 0.2) is 11.5 Å². The molecule has 1 saturated heterocycles. The molecule has 2 aromatic carbocycles. The number of ether oxygens (including phenoxy) is 4. The number of amides is 2. The maximum absolute atomic E-state index is 13.9. The van der Waals surface area contributed by atoms with Gasteiger partial charge in [-0.05, 0) is 64.7 Å². The molecule has 2 amide bonds. The van der Waals surface area contributed by atoms with Crippen molar-refractivity contribution in [1.29, 1.82) is 0 Å². The molecule has 1 atom stereocenters. The Labute approximate surface area is 232 Å². The van der Waals surface area contributed by atoms with Crippen LogP contribution < -0.4 is 14.2 Å². The molecular weight excluding hydrogens is 496 g/mol. The van der Waals surface area contributed by atoms with Crippen LogP contribution in [0.4, 0.5) is 4.79 Å². The fraction of sp³-hybridized carbons (Fsp3) is 0.484. The van der Waals surface area contributed by atoms with E-state index in [2.05, 4.69) is 6.08 Å². The number of methoxy groups -OCH3 is 3. The minimum Gasteiger partial charge on any atom is -0.493 e. The predicted octanol–water partition coefficient (Wildman–Crippen LogP) is 6.05. The Balaban J connectivity index is 1.86. The van der Waals surface area contributed by atoms with Crippen molar-refractivity contribution < 1.29 is 28.5 Å². The van der Waals surface area contributed by atoms with Crippen LogP contribution in [0.3, 0.4) is 0 Å². The number of nitrogens with zero attached hydrogens (tertiary/aromatic N) is 2. The first-order chi connectivity index (χ1) is 18.6. The minimum atomic E-state index is -0.557. The monoisotopic (exact) mass is 538 g/mol. The van der Waals surface area contributed by atoms with Gasteiger partial charge in [0.05, 0.1) is 21.3 Å². The Bertz CT molecular complexity index is 1130. The van der Waals surface area contributed by atoms with Crippen LogP contribution in [0.5, 0.6) is 17.2 Å². The second-order valence-corrected chi connectivity index (χ2v) is 10.8. The number of carbonyl (C=O) groups excluding carboxylic acids is 2. The topological polar surface area (TPSA) is 77.5 Å². The van der Waals surface area contributed by atoms with Crippen LogP contribution in [-0.4, -0.2) is 74.4 Å². The van der Waals surface area contributed by atoms with Crippen molar-refractivity contribution in [3.8, 4) is 17.2 Å². The van der Waals surface area contributed by atoms with Gasteiger partial charge in [0.2, 0.25) is 5.75 Å². The fourth-order valence-electron chi connectivity index (χ4n) is 4.82. The summed E-state index contributed by atoms with van der Waals surface area (Å²) < 4.78 is 22.0. The third-order valence-corrected chi connectivity index (χ3v) is 6.59. The van der Waals surface area contributed by atoms with Crippen molar-refractivity contribution in [3.05, 3.63) is 59.2 Å². The van der Waals surface area contributed by atoms with Crippen LogP contribution in [0.2, 0.25) is 0 Å². The molecule has 0 aromatic heterocycles. The zero-order valence-electron chi connectivity index (χ0n) is 24.3. The lowest BCUT2D eigenvalue weighted by atomic mass is 10.1. The molecular formula is C31H42N2O6. The van der Waals surface area contributed by atoms with Crippen LogP contribution in [0, 0.1) is 0 Å². The van der Waals surface area contributed by atoms with Gasteiger partial charge >= 0.3 is 6.09 Å². The van der Waals surface area contributed by atoms with Gasteiger partial charge in [-0.1, -0.05) is 42.0 Å². The fourth-order valence-corrected chi connectivity index (χ4v) is 4.82. The van der Waals surface area contributed by atoms with Crippen LogP contribution >= 0.6 is 0 Å². The van der Waals surface area contributed by atoms with E-state index >= 15 is 0 Å². The van der Waals surface area contributed by atoms with Crippen molar-refractivity contribution >= 4 is 18.1 Å². The number of hydrogen-bond donors (Lipinski definition) is 0. The Morgan fingerprint density at radius 1 is 1.03 bits per heavy atom. The van der Waals surface area contributed by atoms with Gasteiger partial charge in [0.25, 0.3) is 5.91 Å². The highest BCUT2D eigenvalue weighted by Crippen LogP contribution is 2.38. The molecule has 1 fully saturated rings. The van der Waals surface area contributed by atoms with E-state index in [4.69, 9.17) is 18.9 Å². The number of hydrogen-bond acceptors (Lipinski definition) is 6. The molecule has 0 spiro atoms. The van der Waals surface area contributed by atoms with Crippen LogP contribution in [0.1, 0.15) is 62.9 Å². The highest BCUT2D eigenvalue weighted by Gasteiger charge is 2.33. The molecule has 8 heteroatoms. The van der Waals surface area contributed by atoms with Crippen LogP contribution in [0.15, 0.2) is 48.0 Å². The first-order valence-corrected chi connectivity index (χ1v) is 13.4. The quantitative estimate of drug-likeness (QED) is 0.367. The third-order valence-electron chi connectivity index (χ3n) is 6.59. The lowest BCUT2D eigenvalue weighted by Gasteiger charge is -2.30. The van der Waals surface area contributed by atoms with Gasteiger partial charge in [-0.15, -0.1) is 0 Å². The molecule has 0 N–H and O–H groups in total. The molecule has 0 radical (unpaired) electrons. The molecule has 2 aromatic rings. The lowest BCUT2D eigenvalue weighted by Crippen LogP contribution is -2.42. The smallest absolute Gasteiger partial charge is 0.410 e. The van der Waals surface area contributed by atoms with Crippen molar-refractivity contribution in [2.45, 2.75) is 58.6 Å². The first kappa shape index (κ1) is 29.9. The molecule has 39 heavy (non-hydrogen) atoms. The molecule has 1 aliphatic heterocycles.